The number of rotatable bonds is 10. The van der Waals surface area contributed by atoms with E-state index in [0.717, 1.165) is 0 Å². The molecule has 18 heavy (non-hydrogen) atoms. The number of carboxylic acid groups (broad SMARTS) is 1. The fourth-order valence-electron chi connectivity index (χ4n) is 1.09. The maximum absolute atomic E-state index is 11.3. The van der Waals surface area contributed by atoms with E-state index >= 15 is 0 Å². The average Bonchev–Trinajstić information content (AvgIpc) is 2.29. The highest BCUT2D eigenvalue weighted by molar-refractivity contribution is 5.84. The number of carboxylic acids is 1. The van der Waals surface area contributed by atoms with Crippen molar-refractivity contribution in [2.75, 3.05) is 26.9 Å². The molecule has 0 rings (SSSR count). The third-order valence-electron chi connectivity index (χ3n) is 1.98. The number of hydrogen-bond acceptors (Lipinski definition) is 5. The zero-order valence-electron chi connectivity index (χ0n) is 10.2. The van der Waals surface area contributed by atoms with Gasteiger partial charge in [0, 0.05) is 13.5 Å². The van der Waals surface area contributed by atoms with E-state index in [9.17, 15) is 14.4 Å². The minimum Gasteiger partial charge on any atom is -0.480 e. The Morgan fingerprint density at radius 1 is 1.33 bits per heavy atom. The molecule has 0 aromatic rings. The first-order chi connectivity index (χ1) is 8.47. The Hall–Kier alpha value is -1.67. The summed E-state index contributed by atoms with van der Waals surface area (Å²) in [4.78, 5) is 32.6. The molecule has 0 aromatic heterocycles. The number of nitrogens with one attached hydrogen (secondary N) is 1. The minimum atomic E-state index is -1.22. The van der Waals surface area contributed by atoms with Crippen molar-refractivity contribution in [1.82, 2.24) is 5.32 Å². The van der Waals surface area contributed by atoms with Crippen molar-refractivity contribution in [3.63, 3.8) is 0 Å². The van der Waals surface area contributed by atoms with Gasteiger partial charge >= 0.3 is 5.97 Å². The molecule has 0 aliphatic carbocycles. The molecule has 8 nitrogen and oxygen atoms in total. The molecule has 0 saturated heterocycles. The van der Waals surface area contributed by atoms with Crippen molar-refractivity contribution in [3.8, 4) is 0 Å². The molecule has 0 bridgehead atoms. The fourth-order valence-corrected chi connectivity index (χ4v) is 1.09. The van der Waals surface area contributed by atoms with E-state index < -0.39 is 23.8 Å². The van der Waals surface area contributed by atoms with Gasteiger partial charge in [-0.2, -0.15) is 0 Å². The molecule has 0 spiro atoms. The molecule has 0 radical (unpaired) electrons. The number of carbonyl (C=O) groups is 3. The van der Waals surface area contributed by atoms with E-state index in [2.05, 4.69) is 5.32 Å². The van der Waals surface area contributed by atoms with Crippen LogP contribution in [0.3, 0.4) is 0 Å². The standard InChI is InChI=1S/C10H18N2O6/c1-17-4-5-18-6-9(14)12-7(10(15)16)2-3-8(11)13/h7H,2-6H2,1H3,(H2,11,13)(H,12,14)(H,15,16). The van der Waals surface area contributed by atoms with Gasteiger partial charge in [0.1, 0.15) is 12.6 Å². The zero-order chi connectivity index (χ0) is 14.0. The minimum absolute atomic E-state index is 0.0471. The quantitative estimate of drug-likeness (QED) is 0.410. The third kappa shape index (κ3) is 8.48. The third-order valence-corrected chi connectivity index (χ3v) is 1.98. The van der Waals surface area contributed by atoms with Gasteiger partial charge in [0.2, 0.25) is 11.8 Å². The molecule has 1 atom stereocenters. The van der Waals surface area contributed by atoms with Crippen LogP contribution < -0.4 is 11.1 Å². The largest absolute Gasteiger partial charge is 0.480 e. The van der Waals surface area contributed by atoms with Crippen LogP contribution in [0.1, 0.15) is 12.8 Å². The van der Waals surface area contributed by atoms with E-state index in [1.165, 1.54) is 7.11 Å². The van der Waals surface area contributed by atoms with E-state index in [0.29, 0.717) is 6.61 Å². The van der Waals surface area contributed by atoms with Gasteiger partial charge in [0.05, 0.1) is 13.2 Å². The van der Waals surface area contributed by atoms with Gasteiger partial charge in [-0.05, 0) is 6.42 Å². The van der Waals surface area contributed by atoms with E-state index in [-0.39, 0.29) is 26.1 Å². The summed E-state index contributed by atoms with van der Waals surface area (Å²) in [5, 5.41) is 11.1. The summed E-state index contributed by atoms with van der Waals surface area (Å²) < 4.78 is 9.63. The van der Waals surface area contributed by atoms with Crippen LogP contribution >= 0.6 is 0 Å². The average molecular weight is 262 g/mol. The molecular weight excluding hydrogens is 244 g/mol. The summed E-state index contributed by atoms with van der Waals surface area (Å²) in [6.07, 6.45) is -0.156. The Morgan fingerprint density at radius 3 is 2.50 bits per heavy atom. The number of aliphatic carboxylic acids is 1. The van der Waals surface area contributed by atoms with Crippen molar-refractivity contribution in [1.29, 1.82) is 0 Å². The molecule has 1 unspecified atom stereocenters. The highest BCUT2D eigenvalue weighted by Gasteiger charge is 2.20. The van der Waals surface area contributed by atoms with Gasteiger partial charge in [-0.1, -0.05) is 0 Å². The van der Waals surface area contributed by atoms with Crippen LogP contribution in [0.2, 0.25) is 0 Å². The van der Waals surface area contributed by atoms with Crippen molar-refractivity contribution in [3.05, 3.63) is 0 Å². The molecule has 104 valence electrons. The lowest BCUT2D eigenvalue weighted by atomic mass is 10.1. The number of primary amides is 1. The second-order valence-corrected chi connectivity index (χ2v) is 3.51. The van der Waals surface area contributed by atoms with Crippen LogP contribution in [0.5, 0.6) is 0 Å². The Balaban J connectivity index is 3.96. The number of nitrogens with two attached hydrogens (primary N) is 1. The summed E-state index contributed by atoms with van der Waals surface area (Å²) in [5.41, 5.74) is 4.90. The van der Waals surface area contributed by atoms with Crippen LogP contribution in [0.25, 0.3) is 0 Å². The normalized spacial score (nSPS) is 11.8. The zero-order valence-corrected chi connectivity index (χ0v) is 10.2. The highest BCUT2D eigenvalue weighted by Crippen LogP contribution is 1.97. The number of carbonyl (C=O) groups excluding carboxylic acids is 2. The Morgan fingerprint density at radius 2 is 2.00 bits per heavy atom. The first-order valence-electron chi connectivity index (χ1n) is 5.34. The summed E-state index contributed by atoms with van der Waals surface area (Å²) in [6, 6.07) is -1.14. The van der Waals surface area contributed by atoms with Crippen LogP contribution in [-0.4, -0.2) is 55.9 Å². The van der Waals surface area contributed by atoms with Gasteiger partial charge in [-0.3, -0.25) is 9.59 Å². The summed E-state index contributed by atoms with van der Waals surface area (Å²) in [7, 11) is 1.49. The Kier molecular flexibility index (Phi) is 8.50. The van der Waals surface area contributed by atoms with Crippen LogP contribution in [-0.2, 0) is 23.9 Å². The van der Waals surface area contributed by atoms with Crippen molar-refractivity contribution in [2.45, 2.75) is 18.9 Å². The predicted octanol–water partition coefficient (Wildman–Crippen LogP) is -1.52. The number of ether oxygens (including phenoxy) is 2. The molecule has 0 aliphatic heterocycles. The van der Waals surface area contributed by atoms with E-state index in [4.69, 9.17) is 20.3 Å². The first kappa shape index (κ1) is 16.3. The lowest BCUT2D eigenvalue weighted by Crippen LogP contribution is -2.43. The van der Waals surface area contributed by atoms with E-state index in [1.54, 1.807) is 0 Å². The summed E-state index contributed by atoms with van der Waals surface area (Å²) in [5.74, 6) is -2.41. The molecule has 0 aliphatic rings. The van der Waals surface area contributed by atoms with Crippen LogP contribution in [0.15, 0.2) is 0 Å². The van der Waals surface area contributed by atoms with Crippen molar-refractivity contribution < 1.29 is 29.0 Å². The molecule has 0 aromatic carbocycles. The van der Waals surface area contributed by atoms with Crippen LogP contribution in [0.4, 0.5) is 0 Å². The Bertz CT molecular complexity index is 294. The smallest absolute Gasteiger partial charge is 0.326 e. The first-order valence-corrected chi connectivity index (χ1v) is 5.34. The molecule has 0 saturated carbocycles. The number of methoxy groups -OCH3 is 1. The van der Waals surface area contributed by atoms with Gasteiger partial charge in [-0.15, -0.1) is 0 Å². The molecule has 4 N–H and O–H groups in total. The van der Waals surface area contributed by atoms with Gasteiger partial charge in [0.25, 0.3) is 0 Å². The SMILES string of the molecule is COCCOCC(=O)NC(CCC(N)=O)C(=O)O. The fraction of sp³-hybridized carbons (Fsp3) is 0.700. The predicted molar refractivity (Wildman–Crippen MR) is 60.7 cm³/mol. The lowest BCUT2D eigenvalue weighted by Gasteiger charge is -2.13. The van der Waals surface area contributed by atoms with Crippen molar-refractivity contribution >= 4 is 17.8 Å². The molecular formula is C10H18N2O6. The Labute approximate surface area is 104 Å². The maximum Gasteiger partial charge on any atom is 0.326 e. The van der Waals surface area contributed by atoms with Gasteiger partial charge in [-0.25, -0.2) is 4.79 Å². The van der Waals surface area contributed by atoms with Gasteiger partial charge < -0.3 is 25.6 Å². The maximum atomic E-state index is 11.3. The number of amides is 2. The monoisotopic (exact) mass is 262 g/mol. The second-order valence-electron chi connectivity index (χ2n) is 3.51. The topological polar surface area (TPSA) is 128 Å². The van der Waals surface area contributed by atoms with Crippen LogP contribution in [0, 0.1) is 0 Å². The summed E-state index contributed by atoms with van der Waals surface area (Å²) >= 11 is 0. The molecule has 0 heterocycles. The van der Waals surface area contributed by atoms with Crippen molar-refractivity contribution in [2.24, 2.45) is 5.73 Å². The van der Waals surface area contributed by atoms with E-state index in [1.807, 2.05) is 0 Å². The summed E-state index contributed by atoms with van der Waals surface area (Å²) in [6.45, 7) is 0.323. The highest BCUT2D eigenvalue weighted by atomic mass is 16.5. The molecule has 8 heteroatoms. The lowest BCUT2D eigenvalue weighted by molar-refractivity contribution is -0.143. The molecule has 0 fully saturated rings. The second kappa shape index (κ2) is 9.37. The molecule has 2 amide bonds. The van der Waals surface area contributed by atoms with Gasteiger partial charge in [0.15, 0.2) is 0 Å². The number of hydrogen-bond donors (Lipinski definition) is 3.